The maximum atomic E-state index is 12.1. The van der Waals surface area contributed by atoms with Crippen molar-refractivity contribution < 1.29 is 37.5 Å². The molecule has 0 saturated heterocycles. The SMILES string of the molecule is CCN(SCc1csc(NC(N)=NCC(F)(F)F)n1)c1n[s+]([O-])nc1N.O=C(O)/C=C\C(=O)O. The zero-order valence-corrected chi connectivity index (χ0v) is 19.7. The maximum Gasteiger partial charge on any atom is 0.408 e. The Kier molecular flexibility index (Phi) is 11.5. The van der Waals surface area contributed by atoms with Gasteiger partial charge in [0.2, 0.25) is 11.6 Å². The van der Waals surface area contributed by atoms with E-state index in [0.717, 1.165) is 0 Å². The molecule has 2 rings (SSSR count). The van der Waals surface area contributed by atoms with Crippen LogP contribution in [0.2, 0.25) is 0 Å². The van der Waals surface area contributed by atoms with E-state index in [0.29, 0.717) is 41.1 Å². The van der Waals surface area contributed by atoms with E-state index in [4.69, 9.17) is 21.7 Å². The van der Waals surface area contributed by atoms with Crippen LogP contribution in [-0.2, 0) is 15.3 Å². The summed E-state index contributed by atoms with van der Waals surface area (Å²) in [4.78, 5) is 26.5. The number of aromatic nitrogens is 3. The van der Waals surface area contributed by atoms with Crippen LogP contribution < -0.4 is 21.1 Å². The lowest BCUT2D eigenvalue weighted by atomic mass is 10.5. The van der Waals surface area contributed by atoms with Crippen LogP contribution in [-0.4, -0.2) is 65.7 Å². The van der Waals surface area contributed by atoms with Crippen LogP contribution in [0, 0.1) is 0 Å². The van der Waals surface area contributed by atoms with Crippen molar-refractivity contribution in [1.82, 2.24) is 13.7 Å². The maximum absolute atomic E-state index is 12.1. The van der Waals surface area contributed by atoms with Crippen LogP contribution in [0.1, 0.15) is 12.6 Å². The molecule has 2 aromatic rings. The van der Waals surface area contributed by atoms with Gasteiger partial charge in [-0.1, -0.05) is 0 Å². The topological polar surface area (TPSA) is 216 Å². The van der Waals surface area contributed by atoms with Crippen molar-refractivity contribution in [3.63, 3.8) is 0 Å². The number of nitrogens with two attached hydrogens (primary N) is 2. The van der Waals surface area contributed by atoms with E-state index >= 15 is 0 Å². The Morgan fingerprint density at radius 2 is 1.97 bits per heavy atom. The highest BCUT2D eigenvalue weighted by molar-refractivity contribution is 7.99. The first-order valence-electron chi connectivity index (χ1n) is 8.78. The van der Waals surface area contributed by atoms with E-state index in [-0.39, 0.29) is 11.8 Å². The van der Waals surface area contributed by atoms with Crippen molar-refractivity contribution in [2.45, 2.75) is 18.9 Å². The molecule has 2 heterocycles. The Labute approximate surface area is 201 Å². The molecule has 0 spiro atoms. The number of alkyl halides is 3. The summed E-state index contributed by atoms with van der Waals surface area (Å²) in [6.07, 6.45) is -3.30. The second kappa shape index (κ2) is 13.5. The summed E-state index contributed by atoms with van der Waals surface area (Å²) in [6, 6.07) is 0. The number of anilines is 3. The number of nitrogens with zero attached hydrogens (tertiary/aromatic N) is 5. The first-order chi connectivity index (χ1) is 15.8. The zero-order valence-electron chi connectivity index (χ0n) is 17.2. The van der Waals surface area contributed by atoms with Crippen LogP contribution in [0.4, 0.5) is 29.9 Å². The molecule has 0 fully saturated rings. The lowest BCUT2D eigenvalue weighted by Gasteiger charge is -2.16. The summed E-state index contributed by atoms with van der Waals surface area (Å²) < 4.78 is 56.8. The van der Waals surface area contributed by atoms with Crippen LogP contribution in [0.25, 0.3) is 0 Å². The average Bonchev–Trinajstić information content (AvgIpc) is 3.31. The average molecular weight is 545 g/mol. The minimum absolute atomic E-state index is 0.104. The van der Waals surface area contributed by atoms with E-state index in [9.17, 15) is 27.3 Å². The van der Waals surface area contributed by atoms with E-state index in [1.807, 2.05) is 6.92 Å². The predicted octanol–water partition coefficient (Wildman–Crippen LogP) is 1.92. The molecular weight excluding hydrogens is 525 g/mol. The zero-order chi connectivity index (χ0) is 25.9. The molecule has 1 atom stereocenters. The quantitative estimate of drug-likeness (QED) is 0.100. The summed E-state index contributed by atoms with van der Waals surface area (Å²) in [5.74, 6) is -2.00. The molecule has 7 N–H and O–H groups in total. The van der Waals surface area contributed by atoms with E-state index in [1.54, 1.807) is 9.69 Å². The summed E-state index contributed by atoms with van der Waals surface area (Å²) in [5.41, 5.74) is 11.7. The number of hydrogen-bond acceptors (Lipinski definition) is 11. The van der Waals surface area contributed by atoms with Crippen molar-refractivity contribution in [3.05, 3.63) is 23.2 Å². The van der Waals surface area contributed by atoms with Crippen LogP contribution in [0.5, 0.6) is 0 Å². The molecular formula is C15H19F3N8O5S3. The van der Waals surface area contributed by atoms with Gasteiger partial charge in [-0.2, -0.15) is 13.2 Å². The number of nitrogen functional groups attached to an aromatic ring is 1. The minimum Gasteiger partial charge on any atom is -0.546 e. The van der Waals surface area contributed by atoms with Gasteiger partial charge in [0.25, 0.3) is 0 Å². The highest BCUT2D eigenvalue weighted by Gasteiger charge is 2.26. The first-order valence-corrected chi connectivity index (χ1v) is 11.7. The molecule has 0 amide bonds. The molecule has 0 aliphatic carbocycles. The Morgan fingerprint density at radius 1 is 1.35 bits per heavy atom. The van der Waals surface area contributed by atoms with E-state index in [1.165, 1.54) is 23.3 Å². The molecule has 34 heavy (non-hydrogen) atoms. The minimum atomic E-state index is -4.42. The molecule has 13 nitrogen and oxygen atoms in total. The number of thiazole rings is 1. The van der Waals surface area contributed by atoms with Gasteiger partial charge in [0, 0.05) is 32.8 Å². The van der Waals surface area contributed by atoms with Gasteiger partial charge in [-0.25, -0.2) is 19.6 Å². The van der Waals surface area contributed by atoms with Gasteiger partial charge in [-0.05, 0) is 18.9 Å². The fraction of sp³-hybridized carbons (Fsp3) is 0.333. The number of carboxylic acids is 2. The first kappa shape index (κ1) is 28.9. The Morgan fingerprint density at radius 3 is 2.44 bits per heavy atom. The van der Waals surface area contributed by atoms with Gasteiger partial charge < -0.3 is 31.5 Å². The van der Waals surface area contributed by atoms with Crippen LogP contribution in [0.3, 0.4) is 0 Å². The van der Waals surface area contributed by atoms with Gasteiger partial charge in [0.1, 0.15) is 6.54 Å². The Bertz CT molecular complexity index is 1010. The Hall–Kier alpha value is -3.16. The third kappa shape index (κ3) is 11.6. The fourth-order valence-electron chi connectivity index (χ4n) is 1.78. The van der Waals surface area contributed by atoms with Crippen molar-refractivity contribution in [3.8, 4) is 0 Å². The Balaban J connectivity index is 0.000000620. The van der Waals surface area contributed by atoms with Crippen molar-refractivity contribution >= 4 is 69.1 Å². The molecule has 1 unspecified atom stereocenters. The number of hydrogen-bond donors (Lipinski definition) is 5. The molecule has 2 aromatic heterocycles. The molecule has 0 aliphatic rings. The molecule has 188 valence electrons. The fourth-order valence-corrected chi connectivity index (χ4v) is 4.16. The normalized spacial score (nSPS) is 12.3. The van der Waals surface area contributed by atoms with Crippen LogP contribution in [0.15, 0.2) is 22.5 Å². The van der Waals surface area contributed by atoms with E-state index in [2.05, 4.69) is 24.0 Å². The number of carboxylic acid groups (broad SMARTS) is 2. The number of rotatable bonds is 9. The van der Waals surface area contributed by atoms with Crippen molar-refractivity contribution in [1.29, 1.82) is 0 Å². The molecule has 19 heteroatoms. The largest absolute Gasteiger partial charge is 0.546 e. The third-order valence-corrected chi connectivity index (χ3v) is 5.70. The monoisotopic (exact) mass is 544 g/mol. The second-order valence-electron chi connectivity index (χ2n) is 5.69. The van der Waals surface area contributed by atoms with Crippen molar-refractivity contribution in [2.75, 3.05) is 28.4 Å². The lowest BCUT2D eigenvalue weighted by molar-refractivity contribution is -0.134. The molecule has 0 bridgehead atoms. The van der Waals surface area contributed by atoms with Gasteiger partial charge in [-0.15, -0.1) is 11.3 Å². The lowest BCUT2D eigenvalue weighted by Crippen LogP contribution is -2.25. The number of nitrogens with one attached hydrogen (secondary N) is 1. The number of carbonyl (C=O) groups is 2. The molecule has 0 aromatic carbocycles. The van der Waals surface area contributed by atoms with Gasteiger partial charge in [0.05, 0.1) is 11.4 Å². The number of aliphatic imine (C=N–C) groups is 1. The summed E-state index contributed by atoms with van der Waals surface area (Å²) in [5, 5.41) is 20.2. The number of guanidine groups is 1. The second-order valence-corrected chi connectivity index (χ2v) is 8.36. The summed E-state index contributed by atoms with van der Waals surface area (Å²) in [7, 11) is 0. The summed E-state index contributed by atoms with van der Waals surface area (Å²) in [6.45, 7) is 1.05. The standard InChI is InChI=1S/C11H15F3N8OS3.C4H4O4/c1-2-22(8-7(15)20-26(23)21-8)25-4-6-3-24-10(18-6)19-9(16)17-5-11(12,13)14;5-3(6)1-2-4(7)8/h3H,2,4-5H2,1H3,(H2,15,20)(H3,16,17,18,19);1-2H,(H,5,6)(H,7,8)/b;2-1-. The molecule has 0 saturated carbocycles. The number of halogens is 3. The predicted molar refractivity (Wildman–Crippen MR) is 122 cm³/mol. The van der Waals surface area contributed by atoms with Gasteiger partial charge in [-0.3, -0.25) is 4.31 Å². The molecule has 0 aliphatic heterocycles. The van der Waals surface area contributed by atoms with Crippen LogP contribution >= 0.6 is 34.4 Å². The van der Waals surface area contributed by atoms with Gasteiger partial charge in [0.15, 0.2) is 22.2 Å². The third-order valence-electron chi connectivity index (χ3n) is 3.05. The van der Waals surface area contributed by atoms with Gasteiger partial charge >= 0.3 is 18.1 Å². The summed E-state index contributed by atoms with van der Waals surface area (Å²) >= 11 is 0.818. The van der Waals surface area contributed by atoms with E-state index < -0.39 is 35.8 Å². The highest BCUT2D eigenvalue weighted by atomic mass is 32.2. The highest BCUT2D eigenvalue weighted by Crippen LogP contribution is 2.30. The smallest absolute Gasteiger partial charge is 0.408 e. The molecule has 0 radical (unpaired) electrons. The van der Waals surface area contributed by atoms with Crippen molar-refractivity contribution in [2.24, 2.45) is 10.7 Å². The number of aliphatic carboxylic acids is 2.